The molecular formula is C29H34ClN3O5S. The van der Waals surface area contributed by atoms with Crippen LogP contribution < -0.4 is 14.4 Å². The van der Waals surface area contributed by atoms with Crippen molar-refractivity contribution in [1.29, 1.82) is 0 Å². The van der Waals surface area contributed by atoms with E-state index in [1.807, 2.05) is 38.1 Å². The largest absolute Gasteiger partial charge is 0.497 e. The summed E-state index contributed by atoms with van der Waals surface area (Å²) in [5, 5.41) is 3.11. The monoisotopic (exact) mass is 571 g/mol. The number of methoxy groups -OCH3 is 1. The summed E-state index contributed by atoms with van der Waals surface area (Å²) in [6.45, 7) is 5.60. The number of amides is 2. The molecule has 1 N–H and O–H groups in total. The van der Waals surface area contributed by atoms with Crippen LogP contribution in [0.15, 0.2) is 77.7 Å². The first-order chi connectivity index (χ1) is 18.6. The summed E-state index contributed by atoms with van der Waals surface area (Å²) >= 11 is 6.21. The van der Waals surface area contributed by atoms with Gasteiger partial charge in [0.15, 0.2) is 0 Å². The van der Waals surface area contributed by atoms with Crippen LogP contribution in [-0.4, -0.2) is 51.4 Å². The molecule has 3 aromatic rings. The molecule has 3 rings (SSSR count). The lowest BCUT2D eigenvalue weighted by Crippen LogP contribution is -2.52. The first-order valence-corrected chi connectivity index (χ1v) is 14.5. The number of nitrogens with one attached hydrogen (secondary N) is 1. The predicted molar refractivity (Wildman–Crippen MR) is 153 cm³/mol. The van der Waals surface area contributed by atoms with E-state index in [0.29, 0.717) is 23.7 Å². The third-order valence-electron chi connectivity index (χ3n) is 6.23. The highest BCUT2D eigenvalue weighted by molar-refractivity contribution is 7.92. The maximum atomic E-state index is 14.0. The van der Waals surface area contributed by atoms with Gasteiger partial charge < -0.3 is 15.0 Å². The van der Waals surface area contributed by atoms with Crippen molar-refractivity contribution in [2.75, 3.05) is 24.5 Å². The van der Waals surface area contributed by atoms with E-state index in [1.54, 1.807) is 25.1 Å². The van der Waals surface area contributed by atoms with Crippen LogP contribution in [0.5, 0.6) is 5.75 Å². The summed E-state index contributed by atoms with van der Waals surface area (Å²) < 4.78 is 33.9. The predicted octanol–water partition coefficient (Wildman–Crippen LogP) is 4.80. The maximum absolute atomic E-state index is 14.0. The molecule has 208 valence electrons. The molecule has 0 aromatic heterocycles. The molecule has 3 aromatic carbocycles. The van der Waals surface area contributed by atoms with Gasteiger partial charge in [-0.05, 0) is 68.3 Å². The van der Waals surface area contributed by atoms with Gasteiger partial charge in [0.1, 0.15) is 18.3 Å². The van der Waals surface area contributed by atoms with Crippen molar-refractivity contribution in [2.45, 2.75) is 44.7 Å². The van der Waals surface area contributed by atoms with E-state index >= 15 is 0 Å². The van der Waals surface area contributed by atoms with Gasteiger partial charge in [-0.15, -0.1) is 0 Å². The molecule has 2 amide bonds. The second kappa shape index (κ2) is 13.5. The highest BCUT2D eigenvalue weighted by atomic mass is 35.5. The van der Waals surface area contributed by atoms with Crippen molar-refractivity contribution in [3.63, 3.8) is 0 Å². The Morgan fingerprint density at radius 3 is 2.23 bits per heavy atom. The number of aryl methyl sites for hydroxylation is 1. The van der Waals surface area contributed by atoms with Gasteiger partial charge in [0.2, 0.25) is 11.8 Å². The summed E-state index contributed by atoms with van der Waals surface area (Å²) in [5.74, 6) is -0.324. The molecule has 0 unspecified atom stereocenters. The van der Waals surface area contributed by atoms with Crippen LogP contribution >= 0.6 is 11.6 Å². The number of sulfonamides is 1. The Morgan fingerprint density at radius 2 is 1.67 bits per heavy atom. The molecule has 0 heterocycles. The molecule has 10 heteroatoms. The molecule has 0 aliphatic carbocycles. The van der Waals surface area contributed by atoms with Crippen LogP contribution in [0.25, 0.3) is 0 Å². The molecular weight excluding hydrogens is 538 g/mol. The quantitative estimate of drug-likeness (QED) is 0.337. The fourth-order valence-corrected chi connectivity index (χ4v) is 5.73. The van der Waals surface area contributed by atoms with Gasteiger partial charge in [0.25, 0.3) is 10.0 Å². The number of halogens is 1. The molecule has 0 radical (unpaired) electrons. The van der Waals surface area contributed by atoms with E-state index in [4.69, 9.17) is 16.3 Å². The van der Waals surface area contributed by atoms with Crippen molar-refractivity contribution in [1.82, 2.24) is 10.2 Å². The Bertz CT molecular complexity index is 1380. The normalized spacial score (nSPS) is 11.9. The number of hydrogen-bond donors (Lipinski definition) is 1. The number of carbonyl (C=O) groups is 2. The summed E-state index contributed by atoms with van der Waals surface area (Å²) in [6.07, 6.45) is 0.353. The number of nitrogens with zero attached hydrogens (tertiary/aromatic N) is 2. The third kappa shape index (κ3) is 7.52. The van der Waals surface area contributed by atoms with Gasteiger partial charge in [0.05, 0.1) is 17.7 Å². The first-order valence-electron chi connectivity index (χ1n) is 12.7. The zero-order valence-corrected chi connectivity index (χ0v) is 24.1. The Kier molecular flexibility index (Phi) is 10.4. The van der Waals surface area contributed by atoms with E-state index in [2.05, 4.69) is 5.32 Å². The molecule has 0 aliphatic rings. The molecule has 8 nitrogen and oxygen atoms in total. The number of ether oxygens (including phenoxy) is 1. The number of hydrogen-bond acceptors (Lipinski definition) is 5. The van der Waals surface area contributed by atoms with Gasteiger partial charge >= 0.3 is 0 Å². The summed E-state index contributed by atoms with van der Waals surface area (Å²) in [5.41, 5.74) is 2.11. The smallest absolute Gasteiger partial charge is 0.264 e. The number of likely N-dealkylation sites (N-methyl/N-ethyl adjacent to an activating group) is 1. The maximum Gasteiger partial charge on any atom is 0.264 e. The molecule has 0 fully saturated rings. The highest BCUT2D eigenvalue weighted by Crippen LogP contribution is 2.28. The summed E-state index contributed by atoms with van der Waals surface area (Å²) in [6, 6.07) is 19.1. The highest BCUT2D eigenvalue weighted by Gasteiger charge is 2.33. The van der Waals surface area contributed by atoms with Crippen LogP contribution in [0.1, 0.15) is 31.4 Å². The zero-order chi connectivity index (χ0) is 28.6. The van der Waals surface area contributed by atoms with Crippen molar-refractivity contribution in [3.8, 4) is 5.75 Å². The fraction of sp³-hybridized carbons (Fsp3) is 0.310. The minimum atomic E-state index is -4.19. The van der Waals surface area contributed by atoms with E-state index < -0.39 is 28.5 Å². The average molecular weight is 572 g/mol. The Morgan fingerprint density at radius 1 is 1.00 bits per heavy atom. The van der Waals surface area contributed by atoms with Gasteiger partial charge in [-0.3, -0.25) is 13.9 Å². The second-order valence-electron chi connectivity index (χ2n) is 8.99. The number of rotatable bonds is 12. The van der Waals surface area contributed by atoms with Crippen LogP contribution in [0, 0.1) is 6.92 Å². The van der Waals surface area contributed by atoms with Crippen LogP contribution in [0.3, 0.4) is 0 Å². The van der Waals surface area contributed by atoms with E-state index in [1.165, 1.54) is 42.3 Å². The molecule has 1 atom stereocenters. The second-order valence-corrected chi connectivity index (χ2v) is 11.3. The lowest BCUT2D eigenvalue weighted by Gasteiger charge is -2.33. The minimum Gasteiger partial charge on any atom is -0.497 e. The van der Waals surface area contributed by atoms with Gasteiger partial charge in [-0.2, -0.15) is 0 Å². The molecule has 0 spiro atoms. The zero-order valence-electron chi connectivity index (χ0n) is 22.6. The van der Waals surface area contributed by atoms with Crippen LogP contribution in [0.2, 0.25) is 5.02 Å². The van der Waals surface area contributed by atoms with E-state index in [-0.39, 0.29) is 23.0 Å². The standard InChI is InChI=1S/C29H34ClN3O5S/c1-5-27(29(35)31-6-2)32(19-22-12-10-21(3)11-13-22)28(34)20-33(24-9-7-8-23(30)18-24)39(36,37)26-16-14-25(38-4)15-17-26/h7-18,27H,5-6,19-20H2,1-4H3,(H,31,35)/t27-/m1/s1. The third-order valence-corrected chi connectivity index (χ3v) is 8.26. The SMILES string of the molecule is CCNC(=O)[C@@H](CC)N(Cc1ccc(C)cc1)C(=O)CN(c1cccc(Cl)c1)S(=O)(=O)c1ccc(OC)cc1. The van der Waals surface area contributed by atoms with E-state index in [9.17, 15) is 18.0 Å². The van der Waals surface area contributed by atoms with Crippen LogP contribution in [0.4, 0.5) is 5.69 Å². The topological polar surface area (TPSA) is 96.0 Å². The molecule has 0 saturated heterocycles. The van der Waals surface area contributed by atoms with Crippen molar-refractivity contribution >= 4 is 39.1 Å². The number of anilines is 1. The Labute approximate surface area is 235 Å². The lowest BCUT2D eigenvalue weighted by molar-refractivity contribution is -0.140. The summed E-state index contributed by atoms with van der Waals surface area (Å²) in [4.78, 5) is 28.4. The van der Waals surface area contributed by atoms with Crippen molar-refractivity contribution in [3.05, 3.63) is 88.9 Å². The van der Waals surface area contributed by atoms with Crippen molar-refractivity contribution < 1.29 is 22.7 Å². The van der Waals surface area contributed by atoms with Gasteiger partial charge in [-0.25, -0.2) is 8.42 Å². The Balaban J connectivity index is 2.05. The molecule has 39 heavy (non-hydrogen) atoms. The first kappa shape index (κ1) is 30.0. The number of carbonyl (C=O) groups excluding carboxylic acids is 2. The van der Waals surface area contributed by atoms with Crippen LogP contribution in [-0.2, 0) is 26.2 Å². The van der Waals surface area contributed by atoms with Gasteiger partial charge in [0, 0.05) is 18.1 Å². The average Bonchev–Trinajstić information content (AvgIpc) is 2.92. The summed E-state index contributed by atoms with van der Waals surface area (Å²) in [7, 11) is -2.71. The lowest BCUT2D eigenvalue weighted by atomic mass is 10.1. The fourth-order valence-electron chi connectivity index (χ4n) is 4.14. The van der Waals surface area contributed by atoms with E-state index in [0.717, 1.165) is 15.4 Å². The van der Waals surface area contributed by atoms with Gasteiger partial charge in [-0.1, -0.05) is 54.4 Å². The molecule has 0 aliphatic heterocycles. The Hall–Kier alpha value is -3.56. The minimum absolute atomic E-state index is 0.0167. The van der Waals surface area contributed by atoms with Crippen molar-refractivity contribution in [2.24, 2.45) is 0 Å². The molecule has 0 bridgehead atoms. The number of benzene rings is 3. The molecule has 0 saturated carbocycles.